The number of hydrogen-bond acceptors (Lipinski definition) is 2. The van der Waals surface area contributed by atoms with Crippen molar-refractivity contribution in [2.45, 2.75) is 24.7 Å². The van der Waals surface area contributed by atoms with Gasteiger partial charge in [0.25, 0.3) is 0 Å². The Bertz CT molecular complexity index is 4560. The van der Waals surface area contributed by atoms with Crippen molar-refractivity contribution in [3.8, 4) is 77.9 Å². The van der Waals surface area contributed by atoms with Crippen molar-refractivity contribution in [3.63, 3.8) is 0 Å². The van der Waals surface area contributed by atoms with Crippen LogP contribution in [-0.4, -0.2) is 0 Å². The van der Waals surface area contributed by atoms with Crippen LogP contribution in [0, 0.1) is 0 Å². The molecule has 3 aliphatic carbocycles. The summed E-state index contributed by atoms with van der Waals surface area (Å²) in [6.07, 6.45) is 0. The number of hydrogen-bond donors (Lipinski definition) is 0. The maximum absolute atomic E-state index is 7.31. The zero-order chi connectivity index (χ0) is 51.7. The zero-order valence-corrected chi connectivity index (χ0v) is 43.3. The molecule has 1 heterocycles. The van der Waals surface area contributed by atoms with Gasteiger partial charge in [0.05, 0.1) is 5.41 Å². The van der Waals surface area contributed by atoms with Gasteiger partial charge < -0.3 is 9.32 Å². The molecule has 0 radical (unpaired) electrons. The second-order valence-electron chi connectivity index (χ2n) is 21.8. The summed E-state index contributed by atoms with van der Waals surface area (Å²) in [5.41, 5.74) is 29.5. The smallest absolute Gasteiger partial charge is 0.143 e. The van der Waals surface area contributed by atoms with E-state index in [0.29, 0.717) is 0 Å². The third kappa shape index (κ3) is 6.26. The van der Waals surface area contributed by atoms with E-state index in [9.17, 15) is 0 Å². The summed E-state index contributed by atoms with van der Waals surface area (Å²) >= 11 is 0. The maximum atomic E-state index is 7.31. The molecule has 3 aliphatic rings. The van der Waals surface area contributed by atoms with E-state index in [2.05, 4.69) is 292 Å². The quantitative estimate of drug-likeness (QED) is 0.158. The molecule has 12 aromatic carbocycles. The van der Waals surface area contributed by atoms with E-state index in [0.717, 1.165) is 55.7 Å². The molecular formula is C76H51NO. The van der Waals surface area contributed by atoms with Crippen LogP contribution in [0.1, 0.15) is 47.2 Å². The minimum Gasteiger partial charge on any atom is -0.455 e. The van der Waals surface area contributed by atoms with Gasteiger partial charge in [0.2, 0.25) is 0 Å². The Morgan fingerprint density at radius 2 is 0.679 bits per heavy atom. The number of fused-ring (bicyclic) bond motifs is 16. The van der Waals surface area contributed by atoms with Gasteiger partial charge in [-0.1, -0.05) is 250 Å². The Hall–Kier alpha value is -9.76. The summed E-state index contributed by atoms with van der Waals surface area (Å²) in [5.74, 6) is 0. The average Bonchev–Trinajstić information content (AvgIpc) is 4.18. The molecule has 16 rings (SSSR count). The molecule has 1 spiro atoms. The molecule has 0 saturated heterocycles. The van der Waals surface area contributed by atoms with E-state index in [-0.39, 0.29) is 5.41 Å². The SMILES string of the molecule is CC1(C)c2ccccc2-c2ccc(N(c3ccc(-c4ccccc4)cc3)c3ccc(-c4cccc5c4oc4c(-c6cccc7c6-c6ccccc6C76c7ccccc7-c7c(-c8ccccc8)cccc76)cccc45)cc3)cc21. The number of rotatable bonds is 7. The van der Waals surface area contributed by atoms with E-state index < -0.39 is 5.41 Å². The summed E-state index contributed by atoms with van der Waals surface area (Å²) in [5, 5.41) is 2.21. The van der Waals surface area contributed by atoms with E-state index in [4.69, 9.17) is 4.42 Å². The van der Waals surface area contributed by atoms with Gasteiger partial charge in [0.1, 0.15) is 11.2 Å². The van der Waals surface area contributed by atoms with Crippen LogP contribution in [0.5, 0.6) is 0 Å². The lowest BCUT2D eigenvalue weighted by Crippen LogP contribution is -2.25. The molecule has 2 heteroatoms. The van der Waals surface area contributed by atoms with E-state index >= 15 is 0 Å². The predicted molar refractivity (Wildman–Crippen MR) is 324 cm³/mol. The van der Waals surface area contributed by atoms with Crippen molar-refractivity contribution >= 4 is 39.0 Å². The molecule has 1 atom stereocenters. The van der Waals surface area contributed by atoms with Crippen LogP contribution in [-0.2, 0) is 10.8 Å². The van der Waals surface area contributed by atoms with Gasteiger partial charge in [-0.25, -0.2) is 0 Å². The van der Waals surface area contributed by atoms with Crippen molar-refractivity contribution in [2.75, 3.05) is 4.90 Å². The monoisotopic (exact) mass is 993 g/mol. The van der Waals surface area contributed by atoms with Crippen molar-refractivity contribution in [1.29, 1.82) is 0 Å². The summed E-state index contributed by atoms with van der Waals surface area (Å²) in [7, 11) is 0. The van der Waals surface area contributed by atoms with Gasteiger partial charge in [0.15, 0.2) is 0 Å². The molecule has 78 heavy (non-hydrogen) atoms. The molecule has 2 nitrogen and oxygen atoms in total. The van der Waals surface area contributed by atoms with Crippen LogP contribution < -0.4 is 4.90 Å². The highest BCUT2D eigenvalue weighted by Crippen LogP contribution is 2.65. The van der Waals surface area contributed by atoms with Crippen LogP contribution in [0.25, 0.3) is 99.8 Å². The van der Waals surface area contributed by atoms with Crippen molar-refractivity contribution in [3.05, 3.63) is 306 Å². The molecule has 0 saturated carbocycles. The zero-order valence-electron chi connectivity index (χ0n) is 43.3. The second kappa shape index (κ2) is 16.9. The number of nitrogens with zero attached hydrogens (tertiary/aromatic N) is 1. The minimum atomic E-state index is -0.496. The Morgan fingerprint density at radius 3 is 1.32 bits per heavy atom. The highest BCUT2D eigenvalue weighted by molar-refractivity contribution is 6.15. The van der Waals surface area contributed by atoms with Crippen molar-refractivity contribution in [1.82, 2.24) is 0 Å². The normalized spacial score (nSPS) is 14.9. The van der Waals surface area contributed by atoms with Crippen molar-refractivity contribution in [2.24, 2.45) is 0 Å². The van der Waals surface area contributed by atoms with Gasteiger partial charge in [0, 0.05) is 44.4 Å². The maximum Gasteiger partial charge on any atom is 0.143 e. The molecular weight excluding hydrogens is 943 g/mol. The fraction of sp³-hybridized carbons (Fsp3) is 0.0526. The molecule has 0 fully saturated rings. The van der Waals surface area contributed by atoms with Gasteiger partial charge in [-0.05, 0) is 137 Å². The van der Waals surface area contributed by atoms with Crippen LogP contribution in [0.15, 0.2) is 277 Å². The third-order valence-electron chi connectivity index (χ3n) is 17.5. The molecule has 1 unspecified atom stereocenters. The topological polar surface area (TPSA) is 16.4 Å². The lowest BCUT2D eigenvalue weighted by molar-refractivity contribution is 0.660. The fourth-order valence-electron chi connectivity index (χ4n) is 14.1. The highest BCUT2D eigenvalue weighted by Gasteiger charge is 2.52. The van der Waals surface area contributed by atoms with Gasteiger partial charge in [-0.3, -0.25) is 0 Å². The number of para-hydroxylation sites is 2. The first-order valence-electron chi connectivity index (χ1n) is 27.2. The molecule has 13 aromatic rings. The number of anilines is 3. The largest absolute Gasteiger partial charge is 0.455 e. The van der Waals surface area contributed by atoms with Crippen LogP contribution in [0.2, 0.25) is 0 Å². The summed E-state index contributed by atoms with van der Waals surface area (Å²) < 4.78 is 7.31. The number of furan rings is 1. The standard InChI is InChI=1S/C76H51NO/c1-75(2)65-32-12-9-23-57(65)58-46-45-54(47-70(58)75)77(52-41-37-49(38-42-52)48-19-5-3-6-20-48)53-43-39-51(40-44-53)56-27-15-30-61-62-31-16-29-60(74(62)78-73(56)61)59-28-18-36-69-72(59)64-25-11-14-34-67(64)76(69)66-33-13-10-24-63(66)71-55(26-17-35-68(71)76)50-21-7-4-8-22-50/h3-47H,1-2H3. The molecule has 0 amide bonds. The Morgan fingerprint density at radius 1 is 0.269 bits per heavy atom. The van der Waals surface area contributed by atoms with Gasteiger partial charge in [-0.15, -0.1) is 0 Å². The van der Waals surface area contributed by atoms with Crippen LogP contribution in [0.3, 0.4) is 0 Å². The third-order valence-corrected chi connectivity index (χ3v) is 17.5. The van der Waals surface area contributed by atoms with Gasteiger partial charge >= 0.3 is 0 Å². The average molecular weight is 994 g/mol. The summed E-state index contributed by atoms with van der Waals surface area (Å²) in [6, 6.07) is 101. The van der Waals surface area contributed by atoms with Crippen LogP contribution in [0.4, 0.5) is 17.1 Å². The molecule has 0 aliphatic heterocycles. The van der Waals surface area contributed by atoms with Crippen molar-refractivity contribution < 1.29 is 4.42 Å². The van der Waals surface area contributed by atoms with Gasteiger partial charge in [-0.2, -0.15) is 0 Å². The Kier molecular flexibility index (Phi) is 9.63. The lowest BCUT2D eigenvalue weighted by Gasteiger charge is -2.30. The molecule has 1 aromatic heterocycles. The molecule has 0 N–H and O–H groups in total. The Labute approximate surface area is 454 Å². The highest BCUT2D eigenvalue weighted by atomic mass is 16.3. The van der Waals surface area contributed by atoms with E-state index in [1.807, 2.05) is 0 Å². The minimum absolute atomic E-state index is 0.130. The fourth-order valence-corrected chi connectivity index (χ4v) is 14.1. The first-order valence-corrected chi connectivity index (χ1v) is 27.2. The van der Waals surface area contributed by atoms with E-state index in [1.165, 1.54) is 94.6 Å². The molecule has 0 bridgehead atoms. The molecule has 366 valence electrons. The first-order chi connectivity index (χ1) is 38.5. The predicted octanol–water partition coefficient (Wildman–Crippen LogP) is 20.4. The summed E-state index contributed by atoms with van der Waals surface area (Å²) in [4.78, 5) is 2.40. The summed E-state index contributed by atoms with van der Waals surface area (Å²) in [6.45, 7) is 4.71. The van der Waals surface area contributed by atoms with Crippen LogP contribution >= 0.6 is 0 Å². The lowest BCUT2D eigenvalue weighted by atomic mass is 9.70. The second-order valence-corrected chi connectivity index (χ2v) is 21.8. The first kappa shape index (κ1) is 44.5. The Balaban J connectivity index is 0.823. The number of benzene rings is 12. The van der Waals surface area contributed by atoms with E-state index in [1.54, 1.807) is 0 Å².